The molecule has 0 amide bonds. The van der Waals surface area contributed by atoms with E-state index in [1.807, 2.05) is 0 Å². The highest BCUT2D eigenvalue weighted by Crippen LogP contribution is 2.23. The van der Waals surface area contributed by atoms with E-state index in [9.17, 15) is 0 Å². The summed E-state index contributed by atoms with van der Waals surface area (Å²) < 4.78 is 0. The molecule has 0 aliphatic carbocycles. The number of nitrogens with two attached hydrogens (primary N) is 1. The second-order valence-corrected chi connectivity index (χ2v) is 6.26. The zero-order chi connectivity index (χ0) is 13.7. The lowest BCUT2D eigenvalue weighted by Crippen LogP contribution is -2.50. The van der Waals surface area contributed by atoms with Gasteiger partial charge in [0.1, 0.15) is 0 Å². The van der Waals surface area contributed by atoms with Crippen LogP contribution in [0.25, 0.3) is 0 Å². The molecule has 2 heteroatoms. The molecule has 0 aromatic heterocycles. The fourth-order valence-corrected chi connectivity index (χ4v) is 2.85. The van der Waals surface area contributed by atoms with Crippen molar-refractivity contribution in [3.05, 3.63) is 35.4 Å². The molecule has 0 spiro atoms. The maximum Gasteiger partial charge on any atom is 0.0219 e. The van der Waals surface area contributed by atoms with E-state index in [0.717, 1.165) is 32.4 Å². The lowest BCUT2D eigenvalue weighted by molar-refractivity contribution is 0.190. The minimum Gasteiger partial charge on any atom is -0.325 e. The molecule has 19 heavy (non-hydrogen) atoms. The van der Waals surface area contributed by atoms with Crippen molar-refractivity contribution in [1.29, 1.82) is 0 Å². The van der Waals surface area contributed by atoms with E-state index in [-0.39, 0.29) is 5.54 Å². The first kappa shape index (κ1) is 14.5. The van der Waals surface area contributed by atoms with Crippen molar-refractivity contribution in [2.24, 2.45) is 5.73 Å². The van der Waals surface area contributed by atoms with Crippen LogP contribution in [-0.2, 0) is 12.8 Å². The quantitative estimate of drug-likeness (QED) is 0.882. The zero-order valence-electron chi connectivity index (χ0n) is 12.5. The largest absolute Gasteiger partial charge is 0.325 e. The molecule has 0 atom stereocenters. The highest BCUT2D eigenvalue weighted by Gasteiger charge is 2.29. The first-order chi connectivity index (χ1) is 9.11. The summed E-state index contributed by atoms with van der Waals surface area (Å²) in [6.45, 7) is 4.50. The van der Waals surface area contributed by atoms with Crippen LogP contribution in [0.1, 0.15) is 43.7 Å². The van der Waals surface area contributed by atoms with E-state index in [2.05, 4.69) is 43.1 Å². The van der Waals surface area contributed by atoms with Gasteiger partial charge in [0.25, 0.3) is 0 Å². The summed E-state index contributed by atoms with van der Waals surface area (Å²) in [7, 11) is 2.18. The molecule has 1 aliphatic heterocycles. The number of piperidine rings is 1. The second-order valence-electron chi connectivity index (χ2n) is 6.26. The maximum atomic E-state index is 6.54. The van der Waals surface area contributed by atoms with Crippen LogP contribution >= 0.6 is 0 Å². The molecule has 1 heterocycles. The Labute approximate surface area is 118 Å². The normalized spacial score (nSPS) is 19.5. The van der Waals surface area contributed by atoms with Gasteiger partial charge in [0.15, 0.2) is 0 Å². The summed E-state index contributed by atoms with van der Waals surface area (Å²) in [5.74, 6) is 0. The summed E-state index contributed by atoms with van der Waals surface area (Å²) in [4.78, 5) is 2.37. The minimum absolute atomic E-state index is 0.0114. The fourth-order valence-electron chi connectivity index (χ4n) is 2.85. The Hall–Kier alpha value is -0.860. The van der Waals surface area contributed by atoms with Crippen molar-refractivity contribution in [1.82, 2.24) is 4.90 Å². The second kappa shape index (κ2) is 6.53. The monoisotopic (exact) mass is 260 g/mol. The Bertz CT molecular complexity index is 375. The van der Waals surface area contributed by atoms with Gasteiger partial charge in [-0.3, -0.25) is 0 Å². The van der Waals surface area contributed by atoms with E-state index in [4.69, 9.17) is 5.73 Å². The molecule has 1 aromatic rings. The third-order valence-corrected chi connectivity index (χ3v) is 4.38. The predicted octanol–water partition coefficient (Wildman–Crippen LogP) is 2.99. The van der Waals surface area contributed by atoms with Crippen LogP contribution in [0.4, 0.5) is 0 Å². The molecule has 0 saturated carbocycles. The van der Waals surface area contributed by atoms with Crippen molar-refractivity contribution < 1.29 is 0 Å². The van der Waals surface area contributed by atoms with Crippen molar-refractivity contribution in [2.75, 3.05) is 20.1 Å². The fraction of sp³-hybridized carbons (Fsp3) is 0.647. The van der Waals surface area contributed by atoms with E-state index >= 15 is 0 Å². The van der Waals surface area contributed by atoms with Crippen LogP contribution in [0, 0.1) is 0 Å². The van der Waals surface area contributed by atoms with Gasteiger partial charge < -0.3 is 10.6 Å². The molecule has 0 bridgehead atoms. The topological polar surface area (TPSA) is 29.3 Å². The summed E-state index contributed by atoms with van der Waals surface area (Å²) >= 11 is 0. The molecule has 1 saturated heterocycles. The first-order valence-electron chi connectivity index (χ1n) is 7.66. The number of rotatable bonds is 5. The van der Waals surface area contributed by atoms with E-state index in [1.54, 1.807) is 0 Å². The van der Waals surface area contributed by atoms with Crippen molar-refractivity contribution in [3.63, 3.8) is 0 Å². The van der Waals surface area contributed by atoms with Crippen molar-refractivity contribution >= 4 is 0 Å². The van der Waals surface area contributed by atoms with Gasteiger partial charge >= 0.3 is 0 Å². The summed E-state index contributed by atoms with van der Waals surface area (Å²) in [6, 6.07) is 9.11. The summed E-state index contributed by atoms with van der Waals surface area (Å²) in [6.07, 6.45) is 7.00. The van der Waals surface area contributed by atoms with Gasteiger partial charge in [0.05, 0.1) is 0 Å². The molecular formula is C17H28N2. The lowest BCUT2D eigenvalue weighted by Gasteiger charge is -2.37. The van der Waals surface area contributed by atoms with Gasteiger partial charge in [-0.2, -0.15) is 0 Å². The highest BCUT2D eigenvalue weighted by molar-refractivity contribution is 5.24. The molecular weight excluding hydrogens is 232 g/mol. The molecule has 2 nitrogen and oxygen atoms in total. The van der Waals surface area contributed by atoms with Gasteiger partial charge in [-0.25, -0.2) is 0 Å². The smallest absolute Gasteiger partial charge is 0.0219 e. The van der Waals surface area contributed by atoms with Gasteiger partial charge in [-0.1, -0.05) is 37.6 Å². The van der Waals surface area contributed by atoms with E-state index in [0.29, 0.717) is 0 Å². The molecule has 106 valence electrons. The molecule has 2 N–H and O–H groups in total. The Morgan fingerprint density at radius 1 is 1.11 bits per heavy atom. The van der Waals surface area contributed by atoms with Crippen LogP contribution in [-0.4, -0.2) is 30.6 Å². The van der Waals surface area contributed by atoms with Gasteiger partial charge in [-0.15, -0.1) is 0 Å². The Morgan fingerprint density at radius 3 is 2.26 bits per heavy atom. The van der Waals surface area contributed by atoms with Gasteiger partial charge in [0, 0.05) is 5.54 Å². The highest BCUT2D eigenvalue weighted by atomic mass is 15.1. The number of hydrogen-bond acceptors (Lipinski definition) is 2. The first-order valence-corrected chi connectivity index (χ1v) is 7.66. The van der Waals surface area contributed by atoms with Crippen molar-refractivity contribution in [3.8, 4) is 0 Å². The summed E-state index contributed by atoms with van der Waals surface area (Å²) in [5.41, 5.74) is 9.41. The number of unbranched alkanes of at least 4 members (excludes halogenated alkanes) is 1. The number of benzene rings is 1. The number of nitrogens with zero attached hydrogens (tertiary/aromatic N) is 1. The molecule has 1 aromatic carbocycles. The van der Waals surface area contributed by atoms with Gasteiger partial charge in [-0.05, 0) is 63.4 Å². The minimum atomic E-state index is 0.0114. The van der Waals surface area contributed by atoms with Crippen LogP contribution in [0.15, 0.2) is 24.3 Å². The maximum absolute atomic E-state index is 6.54. The van der Waals surface area contributed by atoms with Crippen LogP contribution in [0.5, 0.6) is 0 Å². The average Bonchev–Trinajstić information content (AvgIpc) is 2.42. The van der Waals surface area contributed by atoms with Crippen LogP contribution in [0.2, 0.25) is 0 Å². The Kier molecular flexibility index (Phi) is 5.00. The summed E-state index contributed by atoms with van der Waals surface area (Å²) in [5, 5.41) is 0. The zero-order valence-corrected chi connectivity index (χ0v) is 12.5. The van der Waals surface area contributed by atoms with E-state index in [1.165, 1.54) is 30.4 Å². The molecule has 0 radical (unpaired) electrons. The molecule has 0 unspecified atom stereocenters. The van der Waals surface area contributed by atoms with Gasteiger partial charge in [0.2, 0.25) is 0 Å². The molecule has 1 fully saturated rings. The predicted molar refractivity (Wildman–Crippen MR) is 82.4 cm³/mol. The SMILES string of the molecule is CCCCc1ccc(CC2(N)CCN(C)CC2)cc1. The third kappa shape index (κ3) is 4.32. The molecule has 1 aliphatic rings. The Morgan fingerprint density at radius 2 is 1.68 bits per heavy atom. The third-order valence-electron chi connectivity index (χ3n) is 4.38. The number of likely N-dealkylation sites (tertiary alicyclic amines) is 1. The van der Waals surface area contributed by atoms with Crippen LogP contribution < -0.4 is 5.73 Å². The number of hydrogen-bond donors (Lipinski definition) is 1. The van der Waals surface area contributed by atoms with Crippen molar-refractivity contribution in [2.45, 2.75) is 51.0 Å². The lowest BCUT2D eigenvalue weighted by atomic mass is 9.83. The number of aryl methyl sites for hydroxylation is 1. The Balaban J connectivity index is 1.91. The standard InChI is InChI=1S/C17H28N2/c1-3-4-5-15-6-8-16(9-7-15)14-17(18)10-12-19(2)13-11-17/h6-9H,3-5,10-14,18H2,1-2H3. The van der Waals surface area contributed by atoms with Crippen LogP contribution in [0.3, 0.4) is 0 Å². The average molecular weight is 260 g/mol. The molecule has 2 rings (SSSR count). The van der Waals surface area contributed by atoms with E-state index < -0.39 is 0 Å².